The molecular weight excluding hydrogens is 477 g/mol. The fourth-order valence-corrected chi connectivity index (χ4v) is 4.32. The number of halogens is 1. The highest BCUT2D eigenvalue weighted by Crippen LogP contribution is 2.33. The zero-order valence-corrected chi connectivity index (χ0v) is 19.8. The number of nitrogens with one attached hydrogen (secondary N) is 2. The molecule has 2 N–H and O–H groups in total. The third-order valence-corrected chi connectivity index (χ3v) is 6.21. The van der Waals surface area contributed by atoms with Crippen molar-refractivity contribution in [2.24, 2.45) is 0 Å². The van der Waals surface area contributed by atoms with Crippen molar-refractivity contribution in [1.82, 2.24) is 9.88 Å². The number of fused-ring (bicyclic) bond motifs is 1. The number of pyridine rings is 1. The summed E-state index contributed by atoms with van der Waals surface area (Å²) in [5, 5.41) is 17.8. The van der Waals surface area contributed by atoms with E-state index in [4.69, 9.17) is 4.74 Å². The summed E-state index contributed by atoms with van der Waals surface area (Å²) >= 11 is 0. The number of rotatable bonds is 6. The summed E-state index contributed by atoms with van der Waals surface area (Å²) in [6.45, 7) is 4.03. The molecule has 4 aromatic rings. The number of nitro groups is 1. The number of hydrogen-bond acceptors (Lipinski definition) is 6. The minimum atomic E-state index is -0.773. The van der Waals surface area contributed by atoms with Gasteiger partial charge < -0.3 is 15.4 Å². The van der Waals surface area contributed by atoms with Crippen LogP contribution in [0.15, 0.2) is 72.9 Å². The molecule has 2 heterocycles. The molecule has 0 bridgehead atoms. The Hall–Kier alpha value is -4.41. The van der Waals surface area contributed by atoms with Crippen molar-refractivity contribution in [2.75, 3.05) is 36.9 Å². The number of benzene rings is 3. The lowest BCUT2D eigenvalue weighted by atomic mass is 9.98. The van der Waals surface area contributed by atoms with E-state index in [1.54, 1.807) is 6.07 Å². The molecule has 0 spiro atoms. The number of hydrogen-bond donors (Lipinski definition) is 2. The standard InChI is InChI=1S/C27H24FN5O4/c28-24-9-7-20(33(35)36)15-26(24)31-27(34)30-25-10-8-21(22-3-1-2-4-23(22)25)18-5-6-19(29-16-18)17-32-11-13-37-14-12-32/h1-10,15-16H,11-14,17H2,(H2,30,31,34). The largest absolute Gasteiger partial charge is 0.379 e. The van der Waals surface area contributed by atoms with Crippen LogP contribution in [0.1, 0.15) is 5.69 Å². The van der Waals surface area contributed by atoms with Crippen LogP contribution in [-0.4, -0.2) is 47.1 Å². The minimum Gasteiger partial charge on any atom is -0.379 e. The van der Waals surface area contributed by atoms with Crippen molar-refractivity contribution in [2.45, 2.75) is 6.54 Å². The van der Waals surface area contributed by atoms with E-state index in [1.807, 2.05) is 48.7 Å². The van der Waals surface area contributed by atoms with Crippen LogP contribution in [0.5, 0.6) is 0 Å². The first-order valence-corrected chi connectivity index (χ1v) is 11.8. The van der Waals surface area contributed by atoms with Gasteiger partial charge in [0, 0.05) is 48.9 Å². The van der Waals surface area contributed by atoms with Crippen LogP contribution in [0, 0.1) is 15.9 Å². The van der Waals surface area contributed by atoms with Gasteiger partial charge in [0.25, 0.3) is 5.69 Å². The maximum absolute atomic E-state index is 14.1. The third-order valence-electron chi connectivity index (χ3n) is 6.21. The average Bonchev–Trinajstić information content (AvgIpc) is 2.91. The monoisotopic (exact) mass is 501 g/mol. The van der Waals surface area contributed by atoms with E-state index in [-0.39, 0.29) is 11.4 Å². The molecule has 0 atom stereocenters. The molecule has 0 aliphatic carbocycles. The Morgan fingerprint density at radius 2 is 1.76 bits per heavy atom. The zero-order valence-electron chi connectivity index (χ0n) is 19.8. The van der Waals surface area contributed by atoms with Gasteiger partial charge >= 0.3 is 6.03 Å². The molecule has 5 rings (SSSR count). The maximum Gasteiger partial charge on any atom is 0.323 e. The lowest BCUT2D eigenvalue weighted by Gasteiger charge is -2.26. The number of aromatic nitrogens is 1. The number of amides is 2. The summed E-state index contributed by atoms with van der Waals surface area (Å²) < 4.78 is 19.5. The Morgan fingerprint density at radius 1 is 1.00 bits per heavy atom. The van der Waals surface area contributed by atoms with Crippen molar-refractivity contribution < 1.29 is 18.8 Å². The number of carbonyl (C=O) groups is 1. The van der Waals surface area contributed by atoms with Crippen LogP contribution in [0.25, 0.3) is 21.9 Å². The zero-order chi connectivity index (χ0) is 25.8. The molecule has 37 heavy (non-hydrogen) atoms. The SMILES string of the molecule is O=C(Nc1cc([N+](=O)[O-])ccc1F)Nc1ccc(-c2ccc(CN3CCOCC3)nc2)c2ccccc12. The second-order valence-corrected chi connectivity index (χ2v) is 8.63. The van der Waals surface area contributed by atoms with Gasteiger partial charge in [-0.3, -0.25) is 20.0 Å². The van der Waals surface area contributed by atoms with E-state index >= 15 is 0 Å². The van der Waals surface area contributed by atoms with E-state index in [1.165, 1.54) is 0 Å². The molecule has 1 fully saturated rings. The number of morpholine rings is 1. The highest BCUT2D eigenvalue weighted by molar-refractivity contribution is 6.09. The van der Waals surface area contributed by atoms with Crippen LogP contribution in [0.4, 0.5) is 26.2 Å². The molecule has 1 aliphatic rings. The summed E-state index contributed by atoms with van der Waals surface area (Å²) in [4.78, 5) is 29.9. The van der Waals surface area contributed by atoms with Crippen molar-refractivity contribution in [3.05, 3.63) is 94.6 Å². The molecule has 1 aliphatic heterocycles. The van der Waals surface area contributed by atoms with E-state index in [9.17, 15) is 19.3 Å². The Bertz CT molecular complexity index is 1460. The number of nitrogens with zero attached hydrogens (tertiary/aromatic N) is 3. The molecule has 0 saturated carbocycles. The van der Waals surface area contributed by atoms with Gasteiger partial charge in [-0.05, 0) is 29.1 Å². The fraction of sp³-hybridized carbons (Fsp3) is 0.185. The maximum atomic E-state index is 14.1. The molecule has 2 amide bonds. The quantitative estimate of drug-likeness (QED) is 0.270. The number of non-ortho nitro benzene ring substituents is 1. The Balaban J connectivity index is 1.36. The first-order valence-electron chi connectivity index (χ1n) is 11.8. The van der Waals surface area contributed by atoms with Gasteiger partial charge in [0.15, 0.2) is 0 Å². The van der Waals surface area contributed by atoms with E-state index in [0.717, 1.165) is 78.6 Å². The second-order valence-electron chi connectivity index (χ2n) is 8.63. The Labute approximate surface area is 212 Å². The third kappa shape index (κ3) is 5.55. The Morgan fingerprint density at radius 3 is 2.49 bits per heavy atom. The van der Waals surface area contributed by atoms with Gasteiger partial charge in [-0.25, -0.2) is 9.18 Å². The number of anilines is 2. The van der Waals surface area contributed by atoms with E-state index < -0.39 is 16.8 Å². The fourth-order valence-electron chi connectivity index (χ4n) is 4.32. The van der Waals surface area contributed by atoms with Crippen molar-refractivity contribution in [3.8, 4) is 11.1 Å². The van der Waals surface area contributed by atoms with Crippen LogP contribution in [0.2, 0.25) is 0 Å². The Kier molecular flexibility index (Phi) is 7.02. The lowest BCUT2D eigenvalue weighted by molar-refractivity contribution is -0.384. The highest BCUT2D eigenvalue weighted by Gasteiger charge is 2.16. The van der Waals surface area contributed by atoms with Gasteiger partial charge in [0.05, 0.1) is 35.2 Å². The number of ether oxygens (including phenoxy) is 1. The van der Waals surface area contributed by atoms with Crippen molar-refractivity contribution in [1.29, 1.82) is 0 Å². The molecule has 9 nitrogen and oxygen atoms in total. The second kappa shape index (κ2) is 10.7. The van der Waals surface area contributed by atoms with Gasteiger partial charge in [0.2, 0.25) is 0 Å². The average molecular weight is 502 g/mol. The predicted octanol–water partition coefficient (Wildman–Crippen LogP) is 5.43. The minimum absolute atomic E-state index is 0.282. The molecule has 1 saturated heterocycles. The lowest BCUT2D eigenvalue weighted by Crippen LogP contribution is -2.35. The molecular formula is C27H24FN5O4. The number of urea groups is 1. The predicted molar refractivity (Wildman–Crippen MR) is 139 cm³/mol. The molecule has 188 valence electrons. The number of carbonyl (C=O) groups excluding carboxylic acids is 1. The van der Waals surface area contributed by atoms with Gasteiger partial charge in [0.1, 0.15) is 5.82 Å². The summed E-state index contributed by atoms with van der Waals surface area (Å²) in [6, 6.07) is 17.6. The van der Waals surface area contributed by atoms with Crippen LogP contribution >= 0.6 is 0 Å². The summed E-state index contributed by atoms with van der Waals surface area (Å²) in [5.41, 5.74) is 2.79. The normalized spacial score (nSPS) is 13.9. The van der Waals surface area contributed by atoms with Crippen molar-refractivity contribution in [3.63, 3.8) is 0 Å². The summed E-state index contributed by atoms with van der Waals surface area (Å²) in [6.07, 6.45) is 1.85. The molecule has 10 heteroatoms. The smallest absolute Gasteiger partial charge is 0.323 e. The van der Waals surface area contributed by atoms with Gasteiger partial charge in [-0.15, -0.1) is 0 Å². The van der Waals surface area contributed by atoms with E-state index in [2.05, 4.69) is 20.5 Å². The van der Waals surface area contributed by atoms with Crippen LogP contribution in [-0.2, 0) is 11.3 Å². The molecule has 3 aromatic carbocycles. The van der Waals surface area contributed by atoms with Crippen LogP contribution < -0.4 is 10.6 Å². The van der Waals surface area contributed by atoms with Crippen LogP contribution in [0.3, 0.4) is 0 Å². The molecule has 0 unspecified atom stereocenters. The van der Waals surface area contributed by atoms with E-state index in [0.29, 0.717) is 5.69 Å². The van der Waals surface area contributed by atoms with Gasteiger partial charge in [-0.1, -0.05) is 36.4 Å². The number of nitro benzene ring substituents is 1. The first kappa shape index (κ1) is 24.3. The topological polar surface area (TPSA) is 110 Å². The summed E-state index contributed by atoms with van der Waals surface area (Å²) in [7, 11) is 0. The highest BCUT2D eigenvalue weighted by atomic mass is 19.1. The molecule has 0 radical (unpaired) electrons. The van der Waals surface area contributed by atoms with Crippen molar-refractivity contribution >= 4 is 33.9 Å². The summed E-state index contributed by atoms with van der Waals surface area (Å²) in [5.74, 6) is -0.773. The molecule has 1 aromatic heterocycles. The van der Waals surface area contributed by atoms with Gasteiger partial charge in [-0.2, -0.15) is 0 Å². The first-order chi connectivity index (χ1) is 18.0.